The first kappa shape index (κ1) is 50.7. The highest BCUT2D eigenvalue weighted by atomic mass is 16.7. The van der Waals surface area contributed by atoms with Crippen molar-refractivity contribution in [1.82, 2.24) is 5.32 Å². The quantitative estimate of drug-likeness (QED) is 0.0271. The van der Waals surface area contributed by atoms with Gasteiger partial charge in [0.1, 0.15) is 24.4 Å². The summed E-state index contributed by atoms with van der Waals surface area (Å²) in [6.45, 7) is 3.80. The number of rotatable bonds is 37. The van der Waals surface area contributed by atoms with Gasteiger partial charge in [0.05, 0.1) is 25.4 Å². The SMILES string of the molecule is CCCCC/C=C/C/C=C/CCCCCCCC(=O)N[C@@H](CO[C@@H]1O[C@H](CO)[C@@H](O)C(O)C1O)[C@H](O)CCCCCCCCCCCCCCCCCC. The van der Waals surface area contributed by atoms with E-state index in [1.807, 2.05) is 0 Å². The Bertz CT molecular complexity index is 899. The molecule has 6 N–H and O–H groups in total. The zero-order valence-electron chi connectivity index (χ0n) is 34.7. The summed E-state index contributed by atoms with van der Waals surface area (Å²) in [5.41, 5.74) is 0. The summed E-state index contributed by atoms with van der Waals surface area (Å²) in [4.78, 5) is 12.9. The number of nitrogens with one attached hydrogen (secondary N) is 1. The van der Waals surface area contributed by atoms with Crippen molar-refractivity contribution in [3.63, 3.8) is 0 Å². The zero-order valence-corrected chi connectivity index (χ0v) is 34.7. The zero-order chi connectivity index (χ0) is 39.5. The lowest BCUT2D eigenvalue weighted by molar-refractivity contribution is -0.302. The van der Waals surface area contributed by atoms with E-state index in [1.165, 1.54) is 109 Å². The molecule has 0 saturated carbocycles. The summed E-state index contributed by atoms with van der Waals surface area (Å²) in [6, 6.07) is -0.723. The molecule has 1 saturated heterocycles. The number of aliphatic hydroxyl groups is 5. The van der Waals surface area contributed by atoms with Gasteiger partial charge in [-0.25, -0.2) is 0 Å². The number of ether oxygens (including phenoxy) is 2. The molecule has 1 aliphatic rings. The molecule has 9 nitrogen and oxygen atoms in total. The van der Waals surface area contributed by atoms with E-state index in [0.29, 0.717) is 12.8 Å². The largest absolute Gasteiger partial charge is 0.394 e. The van der Waals surface area contributed by atoms with Gasteiger partial charge in [0.25, 0.3) is 0 Å². The van der Waals surface area contributed by atoms with Crippen molar-refractivity contribution >= 4 is 5.91 Å². The average Bonchev–Trinajstić information content (AvgIpc) is 3.17. The molecule has 0 bridgehead atoms. The molecule has 1 rings (SSSR count). The van der Waals surface area contributed by atoms with Crippen molar-refractivity contribution in [3.05, 3.63) is 24.3 Å². The van der Waals surface area contributed by atoms with Crippen molar-refractivity contribution in [2.75, 3.05) is 13.2 Å². The summed E-state index contributed by atoms with van der Waals surface area (Å²) in [6.07, 6.45) is 34.6. The van der Waals surface area contributed by atoms with Gasteiger partial charge in [-0.1, -0.05) is 173 Å². The van der Waals surface area contributed by atoms with Gasteiger partial charge in [-0.05, 0) is 44.9 Å². The van der Waals surface area contributed by atoms with Crippen LogP contribution in [-0.4, -0.2) is 87.5 Å². The summed E-state index contributed by atoms with van der Waals surface area (Å²) >= 11 is 0. The van der Waals surface area contributed by atoms with Crippen LogP contribution in [0.1, 0.15) is 200 Å². The molecule has 9 heteroatoms. The van der Waals surface area contributed by atoms with Gasteiger partial charge in [-0.3, -0.25) is 4.79 Å². The molecular formula is C45H85NO8. The van der Waals surface area contributed by atoms with E-state index in [1.54, 1.807) is 0 Å². The number of allylic oxidation sites excluding steroid dienone is 4. The molecule has 7 atom stereocenters. The average molecular weight is 768 g/mol. The molecule has 54 heavy (non-hydrogen) atoms. The normalized spacial score (nSPS) is 21.6. The van der Waals surface area contributed by atoms with Crippen LogP contribution in [-0.2, 0) is 14.3 Å². The van der Waals surface area contributed by atoms with Gasteiger partial charge in [-0.15, -0.1) is 0 Å². The first-order valence-electron chi connectivity index (χ1n) is 22.5. The van der Waals surface area contributed by atoms with Gasteiger partial charge < -0.3 is 40.3 Å². The highest BCUT2D eigenvalue weighted by Crippen LogP contribution is 2.23. The Morgan fingerprint density at radius 1 is 0.630 bits per heavy atom. The maximum absolute atomic E-state index is 12.9. The highest BCUT2D eigenvalue weighted by molar-refractivity contribution is 5.76. The van der Waals surface area contributed by atoms with Gasteiger partial charge in [0.2, 0.25) is 5.91 Å². The molecule has 0 aromatic carbocycles. The second-order valence-corrected chi connectivity index (χ2v) is 15.8. The Morgan fingerprint density at radius 2 is 1.09 bits per heavy atom. The van der Waals surface area contributed by atoms with E-state index in [2.05, 4.69) is 43.5 Å². The lowest BCUT2D eigenvalue weighted by Crippen LogP contribution is -2.60. The second-order valence-electron chi connectivity index (χ2n) is 15.8. The van der Waals surface area contributed by atoms with Crippen LogP contribution in [0.3, 0.4) is 0 Å². The number of hydrogen-bond acceptors (Lipinski definition) is 8. The predicted octanol–water partition coefficient (Wildman–Crippen LogP) is 9.11. The maximum Gasteiger partial charge on any atom is 0.220 e. The van der Waals surface area contributed by atoms with E-state index < -0.39 is 49.5 Å². The third-order valence-corrected chi connectivity index (χ3v) is 10.8. The topological polar surface area (TPSA) is 149 Å². The minimum Gasteiger partial charge on any atom is -0.394 e. The van der Waals surface area contributed by atoms with Crippen LogP contribution in [0.25, 0.3) is 0 Å². The van der Waals surface area contributed by atoms with E-state index in [4.69, 9.17) is 9.47 Å². The lowest BCUT2D eigenvalue weighted by Gasteiger charge is -2.40. The number of carbonyl (C=O) groups excluding carboxylic acids is 1. The summed E-state index contributed by atoms with van der Waals surface area (Å²) < 4.78 is 11.2. The lowest BCUT2D eigenvalue weighted by atomic mass is 9.99. The summed E-state index contributed by atoms with van der Waals surface area (Å²) in [5, 5.41) is 54.3. The molecule has 1 heterocycles. The van der Waals surface area contributed by atoms with E-state index in [-0.39, 0.29) is 12.5 Å². The van der Waals surface area contributed by atoms with E-state index in [9.17, 15) is 30.3 Å². The Hall–Kier alpha value is -1.33. The molecule has 318 valence electrons. The Labute approximate surface area is 330 Å². The molecule has 0 spiro atoms. The maximum atomic E-state index is 12.9. The monoisotopic (exact) mass is 768 g/mol. The third-order valence-electron chi connectivity index (χ3n) is 10.8. The fraction of sp³-hybridized carbons (Fsp3) is 0.889. The Balaban J connectivity index is 2.36. The minimum atomic E-state index is -1.55. The highest BCUT2D eigenvalue weighted by Gasteiger charge is 2.44. The smallest absolute Gasteiger partial charge is 0.220 e. The molecule has 0 aliphatic carbocycles. The van der Waals surface area contributed by atoms with Gasteiger partial charge in [-0.2, -0.15) is 0 Å². The molecule has 2 unspecified atom stereocenters. The van der Waals surface area contributed by atoms with Crippen LogP contribution >= 0.6 is 0 Å². The fourth-order valence-electron chi connectivity index (χ4n) is 7.13. The minimum absolute atomic E-state index is 0.142. The van der Waals surface area contributed by atoms with Crippen molar-refractivity contribution in [3.8, 4) is 0 Å². The standard InChI is InChI=1S/C45H85NO8/c1-3-5-7-9-11-13-15-17-19-21-22-24-26-28-30-32-34-39(48)38(37-53-45-44(52)43(51)42(50)40(36-47)54-45)46-41(49)35-33-31-29-27-25-23-20-18-16-14-12-10-8-6-4-2/h12,14,18,20,38-40,42-45,47-48,50-52H,3-11,13,15-17,19,21-37H2,1-2H3,(H,46,49)/b14-12+,20-18+/t38-,39+,40+,42+,43?,44?,45+/m0/s1. The number of unbranched alkanes of at least 4 members (excludes halogenated alkanes) is 23. The second kappa shape index (κ2) is 36.0. The molecule has 0 radical (unpaired) electrons. The first-order chi connectivity index (χ1) is 26.3. The summed E-state index contributed by atoms with van der Waals surface area (Å²) in [7, 11) is 0. The van der Waals surface area contributed by atoms with Gasteiger partial charge >= 0.3 is 0 Å². The molecule has 0 aromatic heterocycles. The van der Waals surface area contributed by atoms with Crippen LogP contribution < -0.4 is 5.32 Å². The molecule has 0 aromatic rings. The van der Waals surface area contributed by atoms with Crippen LogP contribution in [0.4, 0.5) is 0 Å². The van der Waals surface area contributed by atoms with Gasteiger partial charge in [0, 0.05) is 6.42 Å². The Kier molecular flexibility index (Phi) is 33.8. The van der Waals surface area contributed by atoms with Crippen LogP contribution in [0.15, 0.2) is 24.3 Å². The van der Waals surface area contributed by atoms with Crippen molar-refractivity contribution < 1.29 is 39.8 Å². The summed E-state index contributed by atoms with van der Waals surface area (Å²) in [5.74, 6) is -0.158. The van der Waals surface area contributed by atoms with E-state index in [0.717, 1.165) is 64.2 Å². The van der Waals surface area contributed by atoms with Crippen molar-refractivity contribution in [1.29, 1.82) is 0 Å². The van der Waals surface area contributed by atoms with E-state index >= 15 is 0 Å². The van der Waals surface area contributed by atoms with Crippen LogP contribution in [0, 0.1) is 0 Å². The van der Waals surface area contributed by atoms with Crippen LogP contribution in [0.5, 0.6) is 0 Å². The van der Waals surface area contributed by atoms with Crippen molar-refractivity contribution in [2.24, 2.45) is 0 Å². The van der Waals surface area contributed by atoms with Gasteiger partial charge in [0.15, 0.2) is 6.29 Å². The Morgan fingerprint density at radius 3 is 1.63 bits per heavy atom. The molecule has 1 fully saturated rings. The number of carbonyl (C=O) groups is 1. The number of hydrogen-bond donors (Lipinski definition) is 6. The molecular weight excluding hydrogens is 682 g/mol. The van der Waals surface area contributed by atoms with Crippen LogP contribution in [0.2, 0.25) is 0 Å². The first-order valence-corrected chi connectivity index (χ1v) is 22.5. The predicted molar refractivity (Wildman–Crippen MR) is 221 cm³/mol. The number of amides is 1. The van der Waals surface area contributed by atoms with Crippen molar-refractivity contribution in [2.45, 2.75) is 243 Å². The third kappa shape index (κ3) is 26.5. The fourth-order valence-corrected chi connectivity index (χ4v) is 7.13. The molecule has 1 aliphatic heterocycles. The number of aliphatic hydroxyl groups excluding tert-OH is 5. The molecule has 1 amide bonds.